The molecule has 0 spiro atoms. The van der Waals surface area contributed by atoms with E-state index in [-0.39, 0.29) is 18.7 Å². The number of halogens is 1. The number of rotatable bonds is 2. The van der Waals surface area contributed by atoms with E-state index in [0.717, 1.165) is 5.69 Å². The van der Waals surface area contributed by atoms with Crippen molar-refractivity contribution in [2.24, 2.45) is 0 Å². The molecule has 1 aromatic carbocycles. The highest BCUT2D eigenvalue weighted by atomic mass is 35.5. The summed E-state index contributed by atoms with van der Waals surface area (Å²) < 4.78 is 0. The van der Waals surface area contributed by atoms with Gasteiger partial charge >= 0.3 is 0 Å². The van der Waals surface area contributed by atoms with Gasteiger partial charge in [0, 0.05) is 17.8 Å². The summed E-state index contributed by atoms with van der Waals surface area (Å²) in [6.45, 7) is 0. The van der Waals surface area contributed by atoms with Crippen LogP contribution in [0.5, 0.6) is 0 Å². The SMILES string of the molecule is CN1C(=O)C(CC#N)(CC#N)c2cc(Cl)ccc21. The lowest BCUT2D eigenvalue weighted by Gasteiger charge is -2.22. The van der Waals surface area contributed by atoms with Crippen molar-refractivity contribution in [3.05, 3.63) is 28.8 Å². The number of likely N-dealkylation sites (N-methyl/N-ethyl adjacent to an activating group) is 1. The van der Waals surface area contributed by atoms with E-state index in [0.29, 0.717) is 10.6 Å². The number of hydrogen-bond acceptors (Lipinski definition) is 3. The lowest BCUT2D eigenvalue weighted by Crippen LogP contribution is -2.38. The van der Waals surface area contributed by atoms with E-state index < -0.39 is 5.41 Å². The Morgan fingerprint density at radius 1 is 1.33 bits per heavy atom. The molecule has 4 nitrogen and oxygen atoms in total. The van der Waals surface area contributed by atoms with E-state index in [1.807, 2.05) is 12.1 Å². The summed E-state index contributed by atoms with van der Waals surface area (Å²) in [6.07, 6.45) is -0.0336. The van der Waals surface area contributed by atoms with Crippen molar-refractivity contribution in [2.45, 2.75) is 18.3 Å². The van der Waals surface area contributed by atoms with Gasteiger partial charge in [-0.05, 0) is 23.8 Å². The van der Waals surface area contributed by atoms with Crippen LogP contribution >= 0.6 is 11.6 Å². The molecule has 0 atom stereocenters. The Kier molecular flexibility index (Phi) is 2.98. The van der Waals surface area contributed by atoms with E-state index in [1.165, 1.54) is 4.90 Å². The van der Waals surface area contributed by atoms with E-state index in [1.54, 1.807) is 25.2 Å². The van der Waals surface area contributed by atoms with Crippen LogP contribution in [0, 0.1) is 22.7 Å². The first-order valence-electron chi connectivity index (χ1n) is 5.39. The minimum Gasteiger partial charge on any atom is -0.314 e. The van der Waals surface area contributed by atoms with Gasteiger partial charge in [0.05, 0.1) is 25.0 Å². The third kappa shape index (κ3) is 1.54. The van der Waals surface area contributed by atoms with E-state index >= 15 is 0 Å². The molecular formula is C13H10ClN3O. The molecule has 18 heavy (non-hydrogen) atoms. The molecule has 0 radical (unpaired) electrons. The predicted octanol–water partition coefficient (Wildman–Crippen LogP) is 2.38. The van der Waals surface area contributed by atoms with Crippen LogP contribution in [0.1, 0.15) is 18.4 Å². The number of carbonyl (C=O) groups is 1. The van der Waals surface area contributed by atoms with Gasteiger partial charge in [0.1, 0.15) is 5.41 Å². The fourth-order valence-electron chi connectivity index (χ4n) is 2.40. The molecule has 0 N–H and O–H groups in total. The van der Waals surface area contributed by atoms with Gasteiger partial charge in [-0.15, -0.1) is 0 Å². The van der Waals surface area contributed by atoms with Crippen molar-refractivity contribution in [3.63, 3.8) is 0 Å². The summed E-state index contributed by atoms with van der Waals surface area (Å²) in [6, 6.07) is 9.12. The normalized spacial score (nSPS) is 16.0. The largest absolute Gasteiger partial charge is 0.314 e. The van der Waals surface area contributed by atoms with E-state index in [4.69, 9.17) is 22.1 Å². The number of nitrogens with zero attached hydrogens (tertiary/aromatic N) is 3. The molecule has 1 amide bonds. The second-order valence-corrected chi connectivity index (χ2v) is 4.71. The maximum absolute atomic E-state index is 12.4. The highest BCUT2D eigenvalue weighted by Gasteiger charge is 2.49. The standard InChI is InChI=1S/C13H10ClN3O/c1-17-11-3-2-9(14)8-10(11)13(4-6-15,5-7-16)12(17)18/h2-3,8H,4-5H2,1H3. The molecule has 0 fully saturated rings. The maximum Gasteiger partial charge on any atom is 0.239 e. The maximum atomic E-state index is 12.4. The molecule has 1 aliphatic rings. The zero-order valence-electron chi connectivity index (χ0n) is 9.77. The zero-order chi connectivity index (χ0) is 13.3. The van der Waals surface area contributed by atoms with Crippen LogP contribution in [0.2, 0.25) is 5.02 Å². The predicted molar refractivity (Wildman–Crippen MR) is 67.0 cm³/mol. The minimum absolute atomic E-state index is 0.0168. The summed E-state index contributed by atoms with van der Waals surface area (Å²) in [7, 11) is 1.64. The molecule has 0 unspecified atom stereocenters. The van der Waals surface area contributed by atoms with Gasteiger partial charge in [0.2, 0.25) is 5.91 Å². The summed E-state index contributed by atoms with van der Waals surface area (Å²) in [4.78, 5) is 13.8. The Balaban J connectivity index is 2.69. The minimum atomic E-state index is -1.07. The Bertz CT molecular complexity index is 581. The average molecular weight is 260 g/mol. The fraction of sp³-hybridized carbons (Fsp3) is 0.308. The molecular weight excluding hydrogens is 250 g/mol. The van der Waals surface area contributed by atoms with Crippen molar-refractivity contribution in [3.8, 4) is 12.1 Å². The zero-order valence-corrected chi connectivity index (χ0v) is 10.5. The monoisotopic (exact) mass is 259 g/mol. The van der Waals surface area contributed by atoms with Crippen molar-refractivity contribution >= 4 is 23.2 Å². The number of hydrogen-bond donors (Lipinski definition) is 0. The van der Waals surface area contributed by atoms with Crippen LogP contribution in [0.4, 0.5) is 5.69 Å². The van der Waals surface area contributed by atoms with Crippen molar-refractivity contribution in [1.29, 1.82) is 10.5 Å². The van der Waals surface area contributed by atoms with Crippen LogP contribution in [-0.2, 0) is 10.2 Å². The van der Waals surface area contributed by atoms with Gasteiger partial charge in [-0.3, -0.25) is 4.79 Å². The van der Waals surface area contributed by atoms with Gasteiger partial charge in [0.15, 0.2) is 0 Å². The Labute approximate surface area is 110 Å². The molecule has 2 rings (SSSR count). The van der Waals surface area contributed by atoms with Gasteiger partial charge in [0.25, 0.3) is 0 Å². The van der Waals surface area contributed by atoms with Crippen molar-refractivity contribution in [1.82, 2.24) is 0 Å². The second kappa shape index (κ2) is 4.33. The summed E-state index contributed by atoms with van der Waals surface area (Å²) in [5.74, 6) is -0.220. The fourth-order valence-corrected chi connectivity index (χ4v) is 2.58. The molecule has 0 saturated heterocycles. The Hall–Kier alpha value is -2.04. The first-order valence-corrected chi connectivity index (χ1v) is 5.76. The van der Waals surface area contributed by atoms with Gasteiger partial charge in [-0.25, -0.2) is 0 Å². The molecule has 1 heterocycles. The summed E-state index contributed by atoms with van der Waals surface area (Å²) >= 11 is 5.95. The molecule has 5 heteroatoms. The summed E-state index contributed by atoms with van der Waals surface area (Å²) in [5.41, 5.74) is 0.318. The highest BCUT2D eigenvalue weighted by molar-refractivity contribution is 6.31. The lowest BCUT2D eigenvalue weighted by atomic mass is 9.76. The molecule has 1 aromatic rings. The molecule has 0 saturated carbocycles. The smallest absolute Gasteiger partial charge is 0.239 e. The number of amides is 1. The molecule has 90 valence electrons. The average Bonchev–Trinajstić information content (AvgIpc) is 2.54. The summed E-state index contributed by atoms with van der Waals surface area (Å²) in [5, 5.41) is 18.4. The van der Waals surface area contributed by atoms with Crippen LogP contribution in [-0.4, -0.2) is 13.0 Å². The van der Waals surface area contributed by atoms with Gasteiger partial charge < -0.3 is 4.90 Å². The van der Waals surface area contributed by atoms with Crippen LogP contribution in [0.3, 0.4) is 0 Å². The number of carbonyl (C=O) groups excluding carboxylic acids is 1. The molecule has 1 aliphatic heterocycles. The number of benzene rings is 1. The highest BCUT2D eigenvalue weighted by Crippen LogP contribution is 2.46. The molecule has 0 aromatic heterocycles. The second-order valence-electron chi connectivity index (χ2n) is 4.28. The first kappa shape index (κ1) is 12.4. The van der Waals surface area contributed by atoms with Gasteiger partial charge in [-0.2, -0.15) is 10.5 Å². The Morgan fingerprint density at radius 3 is 2.50 bits per heavy atom. The van der Waals surface area contributed by atoms with Crippen LogP contribution in [0.15, 0.2) is 18.2 Å². The number of fused-ring (bicyclic) bond motifs is 1. The number of nitriles is 2. The lowest BCUT2D eigenvalue weighted by molar-refractivity contribution is -0.122. The van der Waals surface area contributed by atoms with E-state index in [9.17, 15) is 4.79 Å². The third-order valence-corrected chi connectivity index (χ3v) is 3.55. The van der Waals surface area contributed by atoms with Crippen LogP contribution in [0.25, 0.3) is 0 Å². The van der Waals surface area contributed by atoms with E-state index in [2.05, 4.69) is 0 Å². The molecule has 0 aliphatic carbocycles. The Morgan fingerprint density at radius 2 is 1.94 bits per heavy atom. The van der Waals surface area contributed by atoms with Crippen LogP contribution < -0.4 is 4.90 Å². The molecule has 0 bridgehead atoms. The topological polar surface area (TPSA) is 67.9 Å². The quantitative estimate of drug-likeness (QED) is 0.819. The van der Waals surface area contributed by atoms with Gasteiger partial charge in [-0.1, -0.05) is 11.6 Å². The third-order valence-electron chi connectivity index (χ3n) is 3.31. The number of anilines is 1. The first-order chi connectivity index (χ1) is 8.56. The van der Waals surface area contributed by atoms with Crippen molar-refractivity contribution < 1.29 is 4.79 Å². The van der Waals surface area contributed by atoms with Crippen molar-refractivity contribution in [2.75, 3.05) is 11.9 Å².